The molecule has 0 aromatic carbocycles. The van der Waals surface area contributed by atoms with Gasteiger partial charge in [-0.05, 0) is 44.4 Å². The normalized spacial score (nSPS) is 31.9. The summed E-state index contributed by atoms with van der Waals surface area (Å²) in [6.07, 6.45) is 7.42. The molecule has 2 N–H and O–H groups in total. The molecule has 0 spiro atoms. The van der Waals surface area contributed by atoms with Crippen LogP contribution in [-0.4, -0.2) is 18.1 Å². The standard InChI is InChI=1S/C13H24N2O/c1-9-4-3-5-12(8-9)15-13(16)14-10(2)11-6-7-11/h9-12H,3-8H2,1-2H3,(H2,14,15,16). The third kappa shape index (κ3) is 3.39. The van der Waals surface area contributed by atoms with Crippen LogP contribution in [0.4, 0.5) is 4.79 Å². The lowest BCUT2D eigenvalue weighted by Gasteiger charge is -2.28. The highest BCUT2D eigenvalue weighted by atomic mass is 16.2. The maximum atomic E-state index is 11.7. The van der Waals surface area contributed by atoms with Crippen molar-refractivity contribution >= 4 is 6.03 Å². The molecule has 0 heterocycles. The fourth-order valence-corrected chi connectivity index (χ4v) is 2.71. The second-order valence-corrected chi connectivity index (χ2v) is 5.71. The van der Waals surface area contributed by atoms with Crippen LogP contribution in [0.15, 0.2) is 0 Å². The van der Waals surface area contributed by atoms with Gasteiger partial charge >= 0.3 is 6.03 Å². The van der Waals surface area contributed by atoms with Crippen molar-refractivity contribution < 1.29 is 4.79 Å². The third-order valence-electron chi connectivity index (χ3n) is 3.96. The van der Waals surface area contributed by atoms with Crippen LogP contribution in [0.1, 0.15) is 52.4 Å². The third-order valence-corrected chi connectivity index (χ3v) is 3.96. The van der Waals surface area contributed by atoms with Crippen LogP contribution < -0.4 is 10.6 Å². The number of nitrogens with one attached hydrogen (secondary N) is 2. The van der Waals surface area contributed by atoms with Crippen molar-refractivity contribution in [3.63, 3.8) is 0 Å². The van der Waals surface area contributed by atoms with Crippen LogP contribution in [0.2, 0.25) is 0 Å². The SMILES string of the molecule is CC1CCCC(NC(=O)NC(C)C2CC2)C1. The van der Waals surface area contributed by atoms with Crippen molar-refractivity contribution in [1.29, 1.82) is 0 Å². The molecule has 3 heteroatoms. The minimum Gasteiger partial charge on any atom is -0.335 e. The van der Waals surface area contributed by atoms with Gasteiger partial charge in [0.05, 0.1) is 0 Å². The summed E-state index contributed by atoms with van der Waals surface area (Å²) in [5, 5.41) is 6.17. The predicted octanol–water partition coefficient (Wildman–Crippen LogP) is 2.66. The van der Waals surface area contributed by atoms with Crippen molar-refractivity contribution in [1.82, 2.24) is 10.6 Å². The number of carbonyl (C=O) groups excluding carboxylic acids is 1. The molecule has 2 saturated carbocycles. The van der Waals surface area contributed by atoms with Gasteiger partial charge in [0.1, 0.15) is 0 Å². The number of hydrogen-bond donors (Lipinski definition) is 2. The molecule has 0 radical (unpaired) electrons. The fraction of sp³-hybridized carbons (Fsp3) is 0.923. The summed E-state index contributed by atoms with van der Waals surface area (Å²) in [5.41, 5.74) is 0. The number of rotatable bonds is 3. The van der Waals surface area contributed by atoms with Gasteiger partial charge in [0.2, 0.25) is 0 Å². The Morgan fingerprint density at radius 1 is 1.25 bits per heavy atom. The Kier molecular flexibility index (Phi) is 3.72. The number of hydrogen-bond acceptors (Lipinski definition) is 1. The summed E-state index contributed by atoms with van der Waals surface area (Å²) in [5.74, 6) is 1.50. The van der Waals surface area contributed by atoms with Gasteiger partial charge in [-0.25, -0.2) is 4.79 Å². The van der Waals surface area contributed by atoms with E-state index >= 15 is 0 Å². The lowest BCUT2D eigenvalue weighted by molar-refractivity contribution is 0.223. The summed E-state index contributed by atoms with van der Waals surface area (Å²) >= 11 is 0. The zero-order valence-corrected chi connectivity index (χ0v) is 10.5. The van der Waals surface area contributed by atoms with Gasteiger partial charge in [0.15, 0.2) is 0 Å². The monoisotopic (exact) mass is 224 g/mol. The summed E-state index contributed by atoms with van der Waals surface area (Å²) in [6.45, 7) is 4.39. The second-order valence-electron chi connectivity index (χ2n) is 5.71. The summed E-state index contributed by atoms with van der Waals surface area (Å²) in [4.78, 5) is 11.7. The van der Waals surface area contributed by atoms with Crippen molar-refractivity contribution in [3.8, 4) is 0 Å². The predicted molar refractivity (Wildman–Crippen MR) is 65.3 cm³/mol. The minimum absolute atomic E-state index is 0.0403. The van der Waals surface area contributed by atoms with E-state index in [9.17, 15) is 4.79 Å². The summed E-state index contributed by atoms with van der Waals surface area (Å²) < 4.78 is 0. The Bertz CT molecular complexity index is 250. The van der Waals surface area contributed by atoms with E-state index in [1.165, 1.54) is 25.7 Å². The molecule has 2 rings (SSSR count). The molecule has 0 aromatic rings. The highest BCUT2D eigenvalue weighted by molar-refractivity contribution is 5.74. The molecule has 3 nitrogen and oxygen atoms in total. The molecule has 0 aromatic heterocycles. The van der Waals surface area contributed by atoms with Gasteiger partial charge in [-0.15, -0.1) is 0 Å². The van der Waals surface area contributed by atoms with E-state index in [1.807, 2.05) is 0 Å². The van der Waals surface area contributed by atoms with E-state index < -0.39 is 0 Å². The van der Waals surface area contributed by atoms with Gasteiger partial charge < -0.3 is 10.6 Å². The Hall–Kier alpha value is -0.730. The van der Waals surface area contributed by atoms with E-state index in [1.54, 1.807) is 0 Å². The van der Waals surface area contributed by atoms with Crippen molar-refractivity contribution in [2.45, 2.75) is 64.5 Å². The van der Waals surface area contributed by atoms with Gasteiger partial charge in [0.25, 0.3) is 0 Å². The largest absolute Gasteiger partial charge is 0.335 e. The van der Waals surface area contributed by atoms with Crippen LogP contribution in [0.3, 0.4) is 0 Å². The first kappa shape index (κ1) is 11.7. The molecular formula is C13H24N2O. The first-order chi connectivity index (χ1) is 7.65. The van der Waals surface area contributed by atoms with Gasteiger partial charge in [-0.1, -0.05) is 19.8 Å². The molecular weight excluding hydrogens is 200 g/mol. The van der Waals surface area contributed by atoms with E-state index in [2.05, 4.69) is 24.5 Å². The molecule has 2 aliphatic carbocycles. The zero-order chi connectivity index (χ0) is 11.5. The highest BCUT2D eigenvalue weighted by Crippen LogP contribution is 2.32. The van der Waals surface area contributed by atoms with Gasteiger partial charge in [-0.2, -0.15) is 0 Å². The smallest absolute Gasteiger partial charge is 0.315 e. The van der Waals surface area contributed by atoms with Crippen LogP contribution in [0.25, 0.3) is 0 Å². The number of amides is 2. The topological polar surface area (TPSA) is 41.1 Å². The van der Waals surface area contributed by atoms with Gasteiger partial charge in [-0.3, -0.25) is 0 Å². The molecule has 92 valence electrons. The Labute approximate surface area is 98.4 Å². The molecule has 3 unspecified atom stereocenters. The average Bonchev–Trinajstić information content (AvgIpc) is 2.99. The Balaban J connectivity index is 1.69. The first-order valence-corrected chi connectivity index (χ1v) is 6.72. The van der Waals surface area contributed by atoms with Crippen molar-refractivity contribution in [3.05, 3.63) is 0 Å². The Morgan fingerprint density at radius 2 is 2.00 bits per heavy atom. The number of carbonyl (C=O) groups is 1. The fourth-order valence-electron chi connectivity index (χ4n) is 2.71. The van der Waals surface area contributed by atoms with Gasteiger partial charge in [0, 0.05) is 12.1 Å². The average molecular weight is 224 g/mol. The maximum absolute atomic E-state index is 11.7. The van der Waals surface area contributed by atoms with E-state index in [-0.39, 0.29) is 6.03 Å². The molecule has 3 atom stereocenters. The zero-order valence-electron chi connectivity index (χ0n) is 10.5. The molecule has 0 aliphatic heterocycles. The molecule has 16 heavy (non-hydrogen) atoms. The lowest BCUT2D eigenvalue weighted by atomic mass is 9.87. The number of urea groups is 1. The summed E-state index contributed by atoms with van der Waals surface area (Å²) in [6, 6.07) is 0.787. The quantitative estimate of drug-likeness (QED) is 0.760. The van der Waals surface area contributed by atoms with Crippen molar-refractivity contribution in [2.24, 2.45) is 11.8 Å². The van der Waals surface area contributed by atoms with Crippen LogP contribution >= 0.6 is 0 Å². The molecule has 2 aliphatic rings. The molecule has 2 amide bonds. The molecule has 0 saturated heterocycles. The second kappa shape index (κ2) is 5.07. The molecule has 0 bridgehead atoms. The van der Waals surface area contributed by atoms with E-state index in [4.69, 9.17) is 0 Å². The van der Waals surface area contributed by atoms with E-state index in [0.717, 1.165) is 24.7 Å². The Morgan fingerprint density at radius 3 is 2.62 bits per heavy atom. The van der Waals surface area contributed by atoms with Crippen LogP contribution in [0.5, 0.6) is 0 Å². The molecule has 2 fully saturated rings. The van der Waals surface area contributed by atoms with E-state index in [0.29, 0.717) is 12.1 Å². The highest BCUT2D eigenvalue weighted by Gasteiger charge is 2.29. The first-order valence-electron chi connectivity index (χ1n) is 6.72. The van der Waals surface area contributed by atoms with Crippen LogP contribution in [-0.2, 0) is 0 Å². The maximum Gasteiger partial charge on any atom is 0.315 e. The van der Waals surface area contributed by atoms with Crippen molar-refractivity contribution in [2.75, 3.05) is 0 Å². The van der Waals surface area contributed by atoms with Crippen LogP contribution in [0, 0.1) is 11.8 Å². The minimum atomic E-state index is 0.0403. The summed E-state index contributed by atoms with van der Waals surface area (Å²) in [7, 11) is 0. The lowest BCUT2D eigenvalue weighted by Crippen LogP contribution is -2.47.